The fourth-order valence-corrected chi connectivity index (χ4v) is 5.43. The number of fused-ring (bicyclic) bond motifs is 1. The van der Waals surface area contributed by atoms with Gasteiger partial charge in [-0.25, -0.2) is 4.79 Å². The third-order valence-electron chi connectivity index (χ3n) is 4.56. The molecule has 0 aliphatic rings. The van der Waals surface area contributed by atoms with Crippen LogP contribution in [0.25, 0.3) is 5.52 Å². The van der Waals surface area contributed by atoms with Gasteiger partial charge in [0.2, 0.25) is 0 Å². The lowest BCUT2D eigenvalue weighted by molar-refractivity contribution is 0.0525. The average molecular weight is 465 g/mol. The molecule has 1 atom stereocenters. The normalized spacial score (nSPS) is 12.6. The van der Waals surface area contributed by atoms with Gasteiger partial charge in [-0.15, -0.1) is 0 Å². The Hall–Kier alpha value is -2.31. The van der Waals surface area contributed by atoms with Crippen LogP contribution in [0.2, 0.25) is 5.02 Å². The molecular weight excluding hydrogens is 439 g/mol. The second kappa shape index (κ2) is 10.3. The summed E-state index contributed by atoms with van der Waals surface area (Å²) in [5, 5.41) is 3.82. The molecule has 2 aromatic heterocycles. The summed E-state index contributed by atoms with van der Waals surface area (Å²) in [5.74, 6) is -1.48. The Balaban J connectivity index is 2.24. The number of nitrogens with one attached hydrogen (secondary N) is 1. The zero-order valence-electron chi connectivity index (χ0n) is 17.7. The average Bonchev–Trinajstić information content (AvgIpc) is 3.13. The predicted molar refractivity (Wildman–Crippen MR) is 122 cm³/mol. The molecule has 0 aliphatic heterocycles. The molecular formula is C22H26ClN2O5P. The maximum atomic E-state index is 14.0. The van der Waals surface area contributed by atoms with Crippen molar-refractivity contribution in [1.29, 1.82) is 0 Å². The van der Waals surface area contributed by atoms with Crippen LogP contribution in [0.1, 0.15) is 42.6 Å². The maximum Gasteiger partial charge on any atom is 0.358 e. The van der Waals surface area contributed by atoms with E-state index in [2.05, 4.69) is 5.32 Å². The highest BCUT2D eigenvalue weighted by Crippen LogP contribution is 2.61. The Morgan fingerprint density at radius 1 is 1.06 bits per heavy atom. The molecule has 0 aliphatic carbocycles. The molecule has 0 radical (unpaired) electrons. The van der Waals surface area contributed by atoms with Gasteiger partial charge in [-0.2, -0.15) is 0 Å². The van der Waals surface area contributed by atoms with Crippen LogP contribution in [0.15, 0.2) is 54.7 Å². The van der Waals surface area contributed by atoms with Crippen LogP contribution in [0.3, 0.4) is 0 Å². The van der Waals surface area contributed by atoms with E-state index in [0.29, 0.717) is 22.0 Å². The Morgan fingerprint density at radius 2 is 1.74 bits per heavy atom. The van der Waals surface area contributed by atoms with Crippen LogP contribution in [-0.2, 0) is 18.3 Å². The summed E-state index contributed by atoms with van der Waals surface area (Å²) in [6.07, 6.45) is 1.80. The molecule has 0 saturated heterocycles. The van der Waals surface area contributed by atoms with Crippen molar-refractivity contribution in [3.8, 4) is 0 Å². The van der Waals surface area contributed by atoms with E-state index in [1.165, 1.54) is 0 Å². The molecule has 31 heavy (non-hydrogen) atoms. The van der Waals surface area contributed by atoms with E-state index in [4.69, 9.17) is 25.4 Å². The number of esters is 1. The van der Waals surface area contributed by atoms with E-state index in [9.17, 15) is 9.36 Å². The summed E-state index contributed by atoms with van der Waals surface area (Å²) in [6.45, 7) is 5.79. The fourth-order valence-electron chi connectivity index (χ4n) is 3.34. The summed E-state index contributed by atoms with van der Waals surface area (Å²) >= 11 is 6.02. The molecule has 9 heteroatoms. The van der Waals surface area contributed by atoms with Gasteiger partial charge in [0, 0.05) is 22.4 Å². The van der Waals surface area contributed by atoms with Gasteiger partial charge in [-0.3, -0.25) is 4.57 Å². The molecule has 0 bridgehead atoms. The number of rotatable bonds is 10. The highest BCUT2D eigenvalue weighted by molar-refractivity contribution is 7.54. The summed E-state index contributed by atoms with van der Waals surface area (Å²) in [4.78, 5) is 12.8. The van der Waals surface area contributed by atoms with Gasteiger partial charge >= 0.3 is 13.6 Å². The first-order valence-corrected chi connectivity index (χ1v) is 12.1. The number of nitrogens with zero attached hydrogens (tertiary/aromatic N) is 1. The van der Waals surface area contributed by atoms with Crippen molar-refractivity contribution in [3.63, 3.8) is 0 Å². The maximum absolute atomic E-state index is 14.0. The number of carbonyl (C=O) groups is 1. The first-order valence-electron chi connectivity index (χ1n) is 10.1. The molecule has 1 aromatic carbocycles. The van der Waals surface area contributed by atoms with Crippen LogP contribution in [0.4, 0.5) is 5.69 Å². The van der Waals surface area contributed by atoms with Crippen LogP contribution < -0.4 is 5.32 Å². The second-order valence-electron chi connectivity index (χ2n) is 6.59. The standard InChI is InChI=1S/C22H26ClN2O5P/c1-4-28-22(26)19-15-18-9-7-8-14-25(18)20(19)21(31(27,29-5-2)30-6-3)24-17-12-10-16(23)11-13-17/h7-15,21,24H,4-6H2,1-3H3. The minimum Gasteiger partial charge on any atom is -0.462 e. The molecule has 3 aromatic rings. The molecule has 2 heterocycles. The van der Waals surface area contributed by atoms with Crippen molar-refractivity contribution in [1.82, 2.24) is 4.40 Å². The van der Waals surface area contributed by atoms with E-state index in [1.807, 2.05) is 18.2 Å². The molecule has 3 rings (SSSR count). The Morgan fingerprint density at radius 3 is 2.35 bits per heavy atom. The number of pyridine rings is 1. The van der Waals surface area contributed by atoms with E-state index in [-0.39, 0.29) is 19.8 Å². The van der Waals surface area contributed by atoms with Crippen molar-refractivity contribution in [2.24, 2.45) is 0 Å². The monoisotopic (exact) mass is 464 g/mol. The van der Waals surface area contributed by atoms with E-state index in [0.717, 1.165) is 5.52 Å². The lowest BCUT2D eigenvalue weighted by Gasteiger charge is -2.28. The molecule has 7 nitrogen and oxygen atoms in total. The van der Waals surface area contributed by atoms with Gasteiger partial charge in [0.15, 0.2) is 5.78 Å². The molecule has 166 valence electrons. The van der Waals surface area contributed by atoms with Crippen LogP contribution in [0, 0.1) is 0 Å². The van der Waals surface area contributed by atoms with Crippen molar-refractivity contribution >= 4 is 36.4 Å². The topological polar surface area (TPSA) is 78.3 Å². The molecule has 0 saturated carbocycles. The fraction of sp³-hybridized carbons (Fsp3) is 0.318. The molecule has 0 spiro atoms. The Bertz CT molecular complexity index is 1070. The number of ether oxygens (including phenoxy) is 1. The highest BCUT2D eigenvalue weighted by atomic mass is 35.5. The van der Waals surface area contributed by atoms with E-state index >= 15 is 0 Å². The van der Waals surface area contributed by atoms with Gasteiger partial charge in [0.05, 0.1) is 31.1 Å². The number of aromatic nitrogens is 1. The van der Waals surface area contributed by atoms with E-state index in [1.54, 1.807) is 61.7 Å². The summed E-state index contributed by atoms with van der Waals surface area (Å²) in [5.41, 5.74) is 2.13. The molecule has 1 unspecified atom stereocenters. The van der Waals surface area contributed by atoms with Crippen molar-refractivity contribution in [2.75, 3.05) is 25.1 Å². The predicted octanol–water partition coefficient (Wildman–Crippen LogP) is 6.15. The SMILES string of the molecule is CCOC(=O)c1cc2ccccn2c1C(Nc1ccc(Cl)cc1)P(=O)(OCC)OCC. The number of carbonyl (C=O) groups excluding carboxylic acids is 1. The Kier molecular flexibility index (Phi) is 7.79. The minimum atomic E-state index is -3.76. The van der Waals surface area contributed by atoms with Gasteiger partial charge in [0.25, 0.3) is 0 Å². The number of benzene rings is 1. The lowest BCUT2D eigenvalue weighted by Crippen LogP contribution is -2.20. The third kappa shape index (κ3) is 5.13. The first kappa shape index (κ1) is 23.4. The lowest BCUT2D eigenvalue weighted by atomic mass is 10.2. The minimum absolute atomic E-state index is 0.175. The van der Waals surface area contributed by atoms with Crippen LogP contribution in [0.5, 0.6) is 0 Å². The van der Waals surface area contributed by atoms with Crippen LogP contribution in [-0.4, -0.2) is 30.2 Å². The van der Waals surface area contributed by atoms with E-state index < -0.39 is 19.3 Å². The van der Waals surface area contributed by atoms with Crippen LogP contribution >= 0.6 is 19.2 Å². The number of hydrogen-bond acceptors (Lipinski definition) is 6. The van der Waals surface area contributed by atoms with Crippen molar-refractivity contribution < 1.29 is 23.1 Å². The third-order valence-corrected chi connectivity index (χ3v) is 7.05. The zero-order valence-corrected chi connectivity index (χ0v) is 19.4. The second-order valence-corrected chi connectivity index (χ2v) is 9.14. The first-order chi connectivity index (χ1) is 14.9. The molecule has 0 amide bonds. The van der Waals surface area contributed by atoms with Gasteiger partial charge < -0.3 is 23.5 Å². The molecule has 1 N–H and O–H groups in total. The smallest absolute Gasteiger partial charge is 0.358 e. The summed E-state index contributed by atoms with van der Waals surface area (Å²) in [6, 6.07) is 14.2. The summed E-state index contributed by atoms with van der Waals surface area (Å²) < 4.78 is 32.4. The molecule has 0 fully saturated rings. The quantitative estimate of drug-likeness (QED) is 0.286. The van der Waals surface area contributed by atoms with Gasteiger partial charge in [-0.1, -0.05) is 17.7 Å². The van der Waals surface area contributed by atoms with Crippen molar-refractivity contribution in [2.45, 2.75) is 26.6 Å². The highest BCUT2D eigenvalue weighted by Gasteiger charge is 2.41. The summed E-state index contributed by atoms with van der Waals surface area (Å²) in [7, 11) is -3.76. The Labute approximate surface area is 186 Å². The number of hydrogen-bond donors (Lipinski definition) is 1. The van der Waals surface area contributed by atoms with Crippen molar-refractivity contribution in [3.05, 3.63) is 71.0 Å². The van der Waals surface area contributed by atoms with Gasteiger partial charge in [0.1, 0.15) is 0 Å². The number of anilines is 1. The zero-order chi connectivity index (χ0) is 22.4. The largest absolute Gasteiger partial charge is 0.462 e. The van der Waals surface area contributed by atoms with Gasteiger partial charge in [-0.05, 0) is 63.2 Å². The number of halogens is 1.